The Morgan fingerprint density at radius 2 is 1.79 bits per heavy atom. The summed E-state index contributed by atoms with van der Waals surface area (Å²) < 4.78 is 39.9. The van der Waals surface area contributed by atoms with Crippen LogP contribution in [0.1, 0.15) is 28.8 Å². The summed E-state index contributed by atoms with van der Waals surface area (Å²) in [4.78, 5) is 14.4. The number of hydrogen-bond acceptors (Lipinski definition) is 3. The van der Waals surface area contributed by atoms with Gasteiger partial charge in [0.1, 0.15) is 5.82 Å². The molecule has 0 unspecified atom stereocenters. The van der Waals surface area contributed by atoms with Crippen molar-refractivity contribution in [1.82, 2.24) is 9.21 Å². The highest BCUT2D eigenvalue weighted by molar-refractivity contribution is 7.89. The molecule has 0 N–H and O–H groups in total. The molecular weight excluding hydrogens is 403 g/mol. The number of benzene rings is 2. The molecule has 150 valence electrons. The van der Waals surface area contributed by atoms with Gasteiger partial charge in [0.15, 0.2) is 0 Å². The third kappa shape index (κ3) is 4.54. The van der Waals surface area contributed by atoms with Gasteiger partial charge >= 0.3 is 0 Å². The van der Waals surface area contributed by atoms with E-state index in [0.717, 1.165) is 18.4 Å². The number of halogens is 2. The van der Waals surface area contributed by atoms with E-state index in [4.69, 9.17) is 11.6 Å². The van der Waals surface area contributed by atoms with Crippen molar-refractivity contribution in [3.8, 4) is 0 Å². The van der Waals surface area contributed by atoms with Crippen LogP contribution in [0.15, 0.2) is 47.4 Å². The lowest BCUT2D eigenvalue weighted by molar-refractivity contribution is 0.0796. The minimum atomic E-state index is -3.63. The first-order valence-corrected chi connectivity index (χ1v) is 10.9. The van der Waals surface area contributed by atoms with Gasteiger partial charge in [-0.3, -0.25) is 4.79 Å². The lowest BCUT2D eigenvalue weighted by Gasteiger charge is -2.20. The molecule has 1 fully saturated rings. The minimum Gasteiger partial charge on any atom is -0.341 e. The normalized spacial score (nSPS) is 15.0. The summed E-state index contributed by atoms with van der Waals surface area (Å²) in [7, 11) is -2.00. The molecule has 1 aliphatic heterocycles. The lowest BCUT2D eigenvalue weighted by atomic mass is 10.1. The number of nitrogens with zero attached hydrogens (tertiary/aromatic N) is 2. The quantitative estimate of drug-likeness (QED) is 0.712. The SMILES string of the molecule is CN(CCc1ccc(F)cc1)C(=O)c1cc(S(=O)(=O)N2CCCC2)ccc1Cl. The summed E-state index contributed by atoms with van der Waals surface area (Å²) in [6.07, 6.45) is 2.22. The third-order valence-electron chi connectivity index (χ3n) is 4.87. The van der Waals surface area contributed by atoms with Gasteiger partial charge in [0, 0.05) is 26.7 Å². The summed E-state index contributed by atoms with van der Waals surface area (Å²) in [6.45, 7) is 1.38. The van der Waals surface area contributed by atoms with Crippen molar-refractivity contribution in [2.24, 2.45) is 0 Å². The average molecular weight is 425 g/mol. The van der Waals surface area contributed by atoms with Crippen LogP contribution in [-0.4, -0.2) is 50.2 Å². The predicted molar refractivity (Wildman–Crippen MR) is 107 cm³/mol. The summed E-state index contributed by atoms with van der Waals surface area (Å²) in [5, 5.41) is 0.207. The number of amides is 1. The fourth-order valence-corrected chi connectivity index (χ4v) is 4.90. The van der Waals surface area contributed by atoms with E-state index < -0.39 is 10.0 Å². The molecular formula is C20H22ClFN2O3S. The first kappa shape index (κ1) is 20.8. The van der Waals surface area contributed by atoms with Gasteiger partial charge in [0.2, 0.25) is 10.0 Å². The second kappa shape index (κ2) is 8.59. The van der Waals surface area contributed by atoms with Crippen LogP contribution in [0.5, 0.6) is 0 Å². The standard InChI is InChI=1S/C20H22ClFN2O3S/c1-23(13-10-15-4-6-16(22)7-5-15)20(25)18-14-17(8-9-19(18)21)28(26,27)24-11-2-3-12-24/h4-9,14H,2-3,10-13H2,1H3. The molecule has 0 bridgehead atoms. The van der Waals surface area contributed by atoms with Crippen LogP contribution in [0.2, 0.25) is 5.02 Å². The number of sulfonamides is 1. The second-order valence-electron chi connectivity index (χ2n) is 6.86. The van der Waals surface area contributed by atoms with E-state index in [1.54, 1.807) is 19.2 Å². The van der Waals surface area contributed by atoms with E-state index >= 15 is 0 Å². The van der Waals surface area contributed by atoms with Crippen LogP contribution < -0.4 is 0 Å². The largest absolute Gasteiger partial charge is 0.341 e. The summed E-state index contributed by atoms with van der Waals surface area (Å²) in [6, 6.07) is 10.3. The molecule has 2 aromatic rings. The van der Waals surface area contributed by atoms with Crippen LogP contribution in [0, 0.1) is 5.82 Å². The highest BCUT2D eigenvalue weighted by Gasteiger charge is 2.28. The Balaban J connectivity index is 1.76. The molecule has 0 atom stereocenters. The van der Waals surface area contributed by atoms with Gasteiger partial charge < -0.3 is 4.90 Å². The Hall–Kier alpha value is -1.96. The summed E-state index contributed by atoms with van der Waals surface area (Å²) in [5.74, 6) is -0.665. The predicted octanol–water partition coefficient (Wildman–Crippen LogP) is 3.58. The Kier molecular flexibility index (Phi) is 6.37. The highest BCUT2D eigenvalue weighted by atomic mass is 35.5. The van der Waals surface area contributed by atoms with Gasteiger partial charge in [-0.2, -0.15) is 4.31 Å². The Labute approximate surface area is 169 Å². The molecule has 5 nitrogen and oxygen atoms in total. The van der Waals surface area contributed by atoms with Crippen molar-refractivity contribution in [1.29, 1.82) is 0 Å². The van der Waals surface area contributed by atoms with Crippen LogP contribution in [0.4, 0.5) is 4.39 Å². The zero-order valence-corrected chi connectivity index (χ0v) is 17.1. The first-order valence-electron chi connectivity index (χ1n) is 9.08. The van der Waals surface area contributed by atoms with E-state index in [1.807, 2.05) is 0 Å². The van der Waals surface area contributed by atoms with Gasteiger partial charge in [-0.1, -0.05) is 23.7 Å². The molecule has 3 rings (SSSR count). The maximum atomic E-state index is 13.0. The van der Waals surface area contributed by atoms with Gasteiger partial charge in [-0.15, -0.1) is 0 Å². The first-order chi connectivity index (χ1) is 13.3. The van der Waals surface area contributed by atoms with E-state index in [-0.39, 0.29) is 27.2 Å². The highest BCUT2D eigenvalue weighted by Crippen LogP contribution is 2.26. The molecule has 0 radical (unpaired) electrons. The van der Waals surface area contributed by atoms with Crippen LogP contribution >= 0.6 is 11.6 Å². The molecule has 1 saturated heterocycles. The third-order valence-corrected chi connectivity index (χ3v) is 7.09. The van der Waals surface area contributed by atoms with Crippen LogP contribution in [0.25, 0.3) is 0 Å². The molecule has 28 heavy (non-hydrogen) atoms. The molecule has 0 aromatic heterocycles. The van der Waals surface area contributed by atoms with Crippen molar-refractivity contribution in [3.05, 3.63) is 64.4 Å². The zero-order valence-electron chi connectivity index (χ0n) is 15.6. The molecule has 8 heteroatoms. The molecule has 2 aromatic carbocycles. The maximum absolute atomic E-state index is 13.0. The Bertz CT molecular complexity index is 958. The van der Waals surface area contributed by atoms with E-state index in [1.165, 1.54) is 39.5 Å². The van der Waals surface area contributed by atoms with E-state index in [2.05, 4.69) is 0 Å². The van der Waals surface area contributed by atoms with Crippen LogP contribution in [-0.2, 0) is 16.4 Å². The van der Waals surface area contributed by atoms with Crippen molar-refractivity contribution in [2.45, 2.75) is 24.2 Å². The maximum Gasteiger partial charge on any atom is 0.255 e. The number of rotatable bonds is 6. The fourth-order valence-electron chi connectivity index (χ4n) is 3.16. The molecule has 0 aliphatic carbocycles. The zero-order chi connectivity index (χ0) is 20.3. The molecule has 1 heterocycles. The Morgan fingerprint density at radius 1 is 1.14 bits per heavy atom. The number of carbonyl (C=O) groups is 1. The molecule has 1 aliphatic rings. The lowest BCUT2D eigenvalue weighted by Crippen LogP contribution is -2.30. The number of likely N-dealkylation sites (N-methyl/N-ethyl adjacent to an activating group) is 1. The van der Waals surface area contributed by atoms with Gasteiger partial charge in [-0.25, -0.2) is 12.8 Å². The summed E-state index contributed by atoms with van der Waals surface area (Å²) >= 11 is 6.18. The Morgan fingerprint density at radius 3 is 2.43 bits per heavy atom. The van der Waals surface area contributed by atoms with Crippen molar-refractivity contribution in [2.75, 3.05) is 26.7 Å². The minimum absolute atomic E-state index is 0.0779. The number of carbonyl (C=O) groups excluding carboxylic acids is 1. The second-order valence-corrected chi connectivity index (χ2v) is 9.20. The molecule has 0 spiro atoms. The van der Waals surface area contributed by atoms with Gasteiger partial charge in [0.25, 0.3) is 5.91 Å². The van der Waals surface area contributed by atoms with Gasteiger partial charge in [-0.05, 0) is 55.2 Å². The summed E-state index contributed by atoms with van der Waals surface area (Å²) in [5.41, 5.74) is 1.06. The van der Waals surface area contributed by atoms with Crippen molar-refractivity contribution in [3.63, 3.8) is 0 Å². The fraction of sp³-hybridized carbons (Fsp3) is 0.350. The monoisotopic (exact) mass is 424 g/mol. The smallest absolute Gasteiger partial charge is 0.255 e. The van der Waals surface area contributed by atoms with Gasteiger partial charge in [0.05, 0.1) is 15.5 Å². The van der Waals surface area contributed by atoms with E-state index in [9.17, 15) is 17.6 Å². The average Bonchev–Trinajstić information content (AvgIpc) is 3.22. The molecule has 1 amide bonds. The van der Waals surface area contributed by atoms with Crippen molar-refractivity contribution < 1.29 is 17.6 Å². The topological polar surface area (TPSA) is 57.7 Å². The van der Waals surface area contributed by atoms with E-state index in [0.29, 0.717) is 26.1 Å². The van der Waals surface area contributed by atoms with Crippen LogP contribution in [0.3, 0.4) is 0 Å². The number of hydrogen-bond donors (Lipinski definition) is 0. The van der Waals surface area contributed by atoms with Crippen molar-refractivity contribution >= 4 is 27.5 Å². The molecule has 0 saturated carbocycles.